The molecule has 1 aliphatic carbocycles. The maximum atomic E-state index is 2.38. The first-order valence-corrected chi connectivity index (χ1v) is 24.6. The molecule has 9 aromatic carbocycles. The predicted octanol–water partition coefficient (Wildman–Crippen LogP) is 18.9. The molecule has 70 heavy (non-hydrogen) atoms. The number of rotatable bonds is 8. The van der Waals surface area contributed by atoms with Crippen molar-refractivity contribution >= 4 is 66.4 Å². The first-order chi connectivity index (χ1) is 34.4. The largest absolute Gasteiger partial charge is 0.310 e. The van der Waals surface area contributed by atoms with E-state index in [0.29, 0.717) is 5.92 Å². The molecule has 2 heterocycles. The average Bonchev–Trinajstić information content (AvgIpc) is 3.77. The topological polar surface area (TPSA) is 13.1 Å². The summed E-state index contributed by atoms with van der Waals surface area (Å²) in [7, 11) is 0. The van der Waals surface area contributed by atoms with Crippen molar-refractivity contribution in [3.8, 4) is 16.8 Å². The molecule has 0 spiro atoms. The van der Waals surface area contributed by atoms with E-state index in [9.17, 15) is 0 Å². The molecule has 1 atom stereocenters. The van der Waals surface area contributed by atoms with Gasteiger partial charge in [-0.05, 0) is 140 Å². The number of para-hydroxylation sites is 4. The van der Waals surface area contributed by atoms with Gasteiger partial charge in [-0.25, -0.2) is 0 Å². The summed E-state index contributed by atoms with van der Waals surface area (Å²) in [6.45, 7) is 8.75. The van der Waals surface area contributed by atoms with E-state index in [2.05, 4.69) is 297 Å². The van der Waals surface area contributed by atoms with Crippen LogP contribution in [0.3, 0.4) is 0 Å². The quantitative estimate of drug-likeness (QED) is 0.148. The summed E-state index contributed by atoms with van der Waals surface area (Å²) in [4.78, 5) is 2.35. The normalized spacial score (nSPS) is 12.5. The Kier molecular flexibility index (Phi) is 13.5. The molecule has 2 aromatic heterocycles. The molecule has 342 valence electrons. The number of allylic oxidation sites excluding steroid dienone is 6. The second-order valence-electron chi connectivity index (χ2n) is 18.2. The number of anilines is 3. The molecule has 0 fully saturated rings. The number of nitrogens with zero attached hydrogens (tertiary/aromatic N) is 3. The second kappa shape index (κ2) is 20.9. The van der Waals surface area contributed by atoms with Gasteiger partial charge in [0.05, 0.1) is 22.1 Å². The van der Waals surface area contributed by atoms with Crippen LogP contribution in [0.2, 0.25) is 0 Å². The SMILES string of the molecule is CCC(C)c1ccccc1.Cc1ccc(-c2ccc(N(c3ccccc3)c3ccc4c(c3)c3ccccc3n4C3=CC=CCC=C3)cc2)cc1.Cc1ccc2c(c1)c1ccccc1n2-c1ccccc1. The Labute approximate surface area is 413 Å². The smallest absolute Gasteiger partial charge is 0.0542 e. The molecule has 0 bridgehead atoms. The van der Waals surface area contributed by atoms with Gasteiger partial charge >= 0.3 is 0 Å². The van der Waals surface area contributed by atoms with Crippen LogP contribution >= 0.6 is 0 Å². The lowest BCUT2D eigenvalue weighted by Crippen LogP contribution is -2.09. The van der Waals surface area contributed by atoms with Gasteiger partial charge in [-0.3, -0.25) is 0 Å². The Hall–Kier alpha value is -8.40. The molecule has 0 radical (unpaired) electrons. The molecule has 3 heteroatoms. The number of benzene rings is 9. The summed E-state index contributed by atoms with van der Waals surface area (Å²) in [5.41, 5.74) is 17.2. The van der Waals surface area contributed by atoms with Gasteiger partial charge in [0, 0.05) is 50.0 Å². The van der Waals surface area contributed by atoms with Crippen LogP contribution < -0.4 is 4.90 Å². The Morgan fingerprint density at radius 2 is 0.943 bits per heavy atom. The maximum absolute atomic E-state index is 2.38. The molecular weight excluding hydrogens is 847 g/mol. The van der Waals surface area contributed by atoms with E-state index in [1.165, 1.54) is 89.2 Å². The molecule has 0 saturated carbocycles. The highest BCUT2D eigenvalue weighted by Gasteiger charge is 2.18. The van der Waals surface area contributed by atoms with Crippen molar-refractivity contribution in [2.45, 2.75) is 46.5 Å². The third-order valence-corrected chi connectivity index (χ3v) is 13.5. The maximum Gasteiger partial charge on any atom is 0.0542 e. The highest BCUT2D eigenvalue weighted by Crippen LogP contribution is 2.40. The molecule has 3 nitrogen and oxygen atoms in total. The van der Waals surface area contributed by atoms with Gasteiger partial charge in [0.25, 0.3) is 0 Å². The number of hydrogen-bond acceptors (Lipinski definition) is 1. The molecular formula is C67H59N3. The van der Waals surface area contributed by atoms with Gasteiger partial charge in [-0.2, -0.15) is 0 Å². The van der Waals surface area contributed by atoms with E-state index in [-0.39, 0.29) is 0 Å². The molecule has 1 unspecified atom stereocenters. The van der Waals surface area contributed by atoms with E-state index in [1.807, 2.05) is 0 Å². The Bertz CT molecular complexity index is 3610. The summed E-state index contributed by atoms with van der Waals surface area (Å²) < 4.78 is 4.72. The minimum absolute atomic E-state index is 0.709. The third kappa shape index (κ3) is 9.52. The molecule has 1 aliphatic rings. The number of hydrogen-bond donors (Lipinski definition) is 0. The lowest BCUT2D eigenvalue weighted by atomic mass is 9.99. The van der Waals surface area contributed by atoms with E-state index in [0.717, 1.165) is 23.5 Å². The van der Waals surface area contributed by atoms with Crippen LogP contribution in [0.1, 0.15) is 49.3 Å². The summed E-state index contributed by atoms with van der Waals surface area (Å²) in [5.74, 6) is 0.709. The fourth-order valence-corrected chi connectivity index (χ4v) is 9.63. The van der Waals surface area contributed by atoms with Crippen molar-refractivity contribution in [1.82, 2.24) is 9.13 Å². The van der Waals surface area contributed by atoms with Gasteiger partial charge < -0.3 is 14.0 Å². The molecule has 0 N–H and O–H groups in total. The van der Waals surface area contributed by atoms with Crippen molar-refractivity contribution in [2.24, 2.45) is 0 Å². The minimum Gasteiger partial charge on any atom is -0.310 e. The molecule has 0 amide bonds. The summed E-state index contributed by atoms with van der Waals surface area (Å²) in [6, 6.07) is 80.3. The minimum atomic E-state index is 0.709. The van der Waals surface area contributed by atoms with E-state index < -0.39 is 0 Å². The third-order valence-electron chi connectivity index (χ3n) is 13.5. The second-order valence-corrected chi connectivity index (χ2v) is 18.2. The molecule has 0 saturated heterocycles. The van der Waals surface area contributed by atoms with Crippen LogP contribution in [0.15, 0.2) is 255 Å². The van der Waals surface area contributed by atoms with Crippen molar-refractivity contribution in [1.29, 1.82) is 0 Å². The van der Waals surface area contributed by atoms with Gasteiger partial charge in [0.15, 0.2) is 0 Å². The zero-order valence-electron chi connectivity index (χ0n) is 40.6. The fraction of sp³-hybridized carbons (Fsp3) is 0.104. The Morgan fingerprint density at radius 3 is 1.61 bits per heavy atom. The standard InChI is InChI=1S/C38H30N2.C19H15N.C10H14/c1-28-17-19-29(20-18-28)30-21-23-33(24-22-30)39(31-11-7-4-8-12-31)34-25-26-38-36(27-34)35-15-9-10-16-37(35)40(38)32-13-5-2-3-6-14-32;1-14-11-12-19-17(13-14)16-9-5-6-10-18(16)20(19)15-7-3-2-4-8-15;1-3-9(2)10-7-5-4-6-8-10/h2,4-27H,3H2,1H3;2-13H,1H3;4-9H,3H2,1-2H3. The average molecular weight is 906 g/mol. The van der Waals surface area contributed by atoms with Crippen molar-refractivity contribution in [2.75, 3.05) is 4.90 Å². The van der Waals surface area contributed by atoms with Gasteiger partial charge in [-0.1, -0.05) is 189 Å². The Balaban J connectivity index is 0.000000155. The lowest BCUT2D eigenvalue weighted by Gasteiger charge is -2.26. The molecule has 0 aliphatic heterocycles. The van der Waals surface area contributed by atoms with Gasteiger partial charge in [-0.15, -0.1) is 0 Å². The van der Waals surface area contributed by atoms with Gasteiger partial charge in [0.2, 0.25) is 0 Å². The Morgan fingerprint density at radius 1 is 0.443 bits per heavy atom. The number of aryl methyl sites for hydroxylation is 2. The lowest BCUT2D eigenvalue weighted by molar-refractivity contribution is 0.733. The van der Waals surface area contributed by atoms with E-state index in [4.69, 9.17) is 0 Å². The van der Waals surface area contributed by atoms with Crippen molar-refractivity contribution in [3.63, 3.8) is 0 Å². The van der Waals surface area contributed by atoms with Gasteiger partial charge in [0.1, 0.15) is 0 Å². The zero-order valence-corrected chi connectivity index (χ0v) is 40.6. The summed E-state index contributed by atoms with van der Waals surface area (Å²) in [5, 5.41) is 5.14. The van der Waals surface area contributed by atoms with Crippen LogP contribution in [0.4, 0.5) is 17.1 Å². The number of fused-ring (bicyclic) bond motifs is 6. The molecule has 11 aromatic rings. The number of aromatic nitrogens is 2. The van der Waals surface area contributed by atoms with Crippen LogP contribution in [0.25, 0.3) is 66.1 Å². The predicted molar refractivity (Wildman–Crippen MR) is 302 cm³/mol. The van der Waals surface area contributed by atoms with Crippen LogP contribution in [0, 0.1) is 13.8 Å². The van der Waals surface area contributed by atoms with Crippen LogP contribution in [-0.2, 0) is 0 Å². The zero-order chi connectivity index (χ0) is 47.8. The highest BCUT2D eigenvalue weighted by atomic mass is 15.1. The van der Waals surface area contributed by atoms with Crippen molar-refractivity contribution < 1.29 is 0 Å². The summed E-state index contributed by atoms with van der Waals surface area (Å²) >= 11 is 0. The fourth-order valence-electron chi connectivity index (χ4n) is 9.63. The van der Waals surface area contributed by atoms with Crippen LogP contribution in [0.5, 0.6) is 0 Å². The van der Waals surface area contributed by atoms with E-state index in [1.54, 1.807) is 0 Å². The van der Waals surface area contributed by atoms with Crippen molar-refractivity contribution in [3.05, 3.63) is 272 Å². The van der Waals surface area contributed by atoms with Crippen LogP contribution in [-0.4, -0.2) is 9.13 Å². The van der Waals surface area contributed by atoms with E-state index >= 15 is 0 Å². The summed E-state index contributed by atoms with van der Waals surface area (Å²) in [6.07, 6.45) is 13.2. The first kappa shape index (κ1) is 45.4. The molecule has 12 rings (SSSR count). The highest BCUT2D eigenvalue weighted by molar-refractivity contribution is 6.12. The first-order valence-electron chi connectivity index (χ1n) is 24.6. The monoisotopic (exact) mass is 905 g/mol.